The van der Waals surface area contributed by atoms with Crippen LogP contribution < -0.4 is 4.74 Å². The Balaban J connectivity index is 2.39. The highest BCUT2D eigenvalue weighted by atomic mass is 16.5. The third kappa shape index (κ3) is 2.47. The highest BCUT2D eigenvalue weighted by Gasteiger charge is 2.10. The number of carboxylic acid groups (broad SMARTS) is 1. The second kappa shape index (κ2) is 5.12. The van der Waals surface area contributed by atoms with Crippen molar-refractivity contribution in [2.24, 2.45) is 0 Å². The number of aliphatic carboxylic acids is 1. The largest absolute Gasteiger partial charge is 0.494 e. The van der Waals surface area contributed by atoms with Crippen LogP contribution in [0.3, 0.4) is 0 Å². The van der Waals surface area contributed by atoms with Gasteiger partial charge in [0.25, 0.3) is 0 Å². The van der Waals surface area contributed by atoms with Crippen LogP contribution in [0.25, 0.3) is 10.9 Å². The summed E-state index contributed by atoms with van der Waals surface area (Å²) < 4.78 is 5.47. The van der Waals surface area contributed by atoms with Gasteiger partial charge in [0.2, 0.25) is 0 Å². The molecule has 0 aliphatic rings. The number of H-pyrrole nitrogens is 1. The Labute approximate surface area is 106 Å². The number of carbonyl (C=O) groups is 1. The fourth-order valence-electron chi connectivity index (χ4n) is 2.17. The van der Waals surface area contributed by atoms with Crippen molar-refractivity contribution in [3.05, 3.63) is 29.5 Å². The molecule has 0 radical (unpaired) electrons. The summed E-state index contributed by atoms with van der Waals surface area (Å²) in [6, 6.07) is 5.86. The molecule has 2 aromatic rings. The molecule has 4 nitrogen and oxygen atoms in total. The van der Waals surface area contributed by atoms with Crippen molar-refractivity contribution in [2.75, 3.05) is 6.61 Å². The van der Waals surface area contributed by atoms with Gasteiger partial charge < -0.3 is 14.8 Å². The summed E-state index contributed by atoms with van der Waals surface area (Å²) in [7, 11) is 0. The van der Waals surface area contributed by atoms with Crippen LogP contribution in [0.1, 0.15) is 24.6 Å². The minimum atomic E-state index is -0.773. The number of hydrogen-bond donors (Lipinski definition) is 2. The average Bonchev–Trinajstić information content (AvgIpc) is 2.62. The van der Waals surface area contributed by atoms with Gasteiger partial charge in [-0.3, -0.25) is 4.79 Å². The molecule has 1 heterocycles. The number of nitrogens with one attached hydrogen (secondary N) is 1. The van der Waals surface area contributed by atoms with E-state index in [4.69, 9.17) is 9.84 Å². The standard InChI is InChI=1S/C14H17NO3/c1-3-18-10-4-6-13-12(8-10)11(9(2)15-13)5-7-14(16)17/h4,6,8,15H,3,5,7H2,1-2H3,(H,16,17). The highest BCUT2D eigenvalue weighted by Crippen LogP contribution is 2.27. The Morgan fingerprint density at radius 1 is 1.44 bits per heavy atom. The molecule has 96 valence electrons. The van der Waals surface area contributed by atoms with E-state index in [1.807, 2.05) is 32.0 Å². The zero-order valence-electron chi connectivity index (χ0n) is 10.6. The van der Waals surface area contributed by atoms with E-state index < -0.39 is 5.97 Å². The second-order valence-electron chi connectivity index (χ2n) is 4.26. The van der Waals surface area contributed by atoms with Gasteiger partial charge in [-0.2, -0.15) is 0 Å². The summed E-state index contributed by atoms with van der Waals surface area (Å²) in [5.41, 5.74) is 3.12. The van der Waals surface area contributed by atoms with Gasteiger partial charge in [0.1, 0.15) is 5.75 Å². The van der Waals surface area contributed by atoms with Gasteiger partial charge in [0.15, 0.2) is 0 Å². The molecule has 1 aromatic heterocycles. The molecule has 2 N–H and O–H groups in total. The minimum Gasteiger partial charge on any atom is -0.494 e. The van der Waals surface area contributed by atoms with Gasteiger partial charge in [-0.25, -0.2) is 0 Å². The summed E-state index contributed by atoms with van der Waals surface area (Å²) in [4.78, 5) is 13.9. The van der Waals surface area contributed by atoms with E-state index in [0.717, 1.165) is 27.9 Å². The molecule has 2 rings (SSSR count). The van der Waals surface area contributed by atoms with E-state index >= 15 is 0 Å². The predicted octanol–water partition coefficient (Wildman–Crippen LogP) is 2.89. The van der Waals surface area contributed by atoms with Crippen LogP contribution in [0.5, 0.6) is 5.75 Å². The molecular weight excluding hydrogens is 230 g/mol. The van der Waals surface area contributed by atoms with E-state index in [2.05, 4.69) is 4.98 Å². The first-order valence-corrected chi connectivity index (χ1v) is 6.07. The van der Waals surface area contributed by atoms with Gasteiger partial charge in [-0.15, -0.1) is 0 Å². The van der Waals surface area contributed by atoms with Crippen molar-refractivity contribution < 1.29 is 14.6 Å². The monoisotopic (exact) mass is 247 g/mol. The van der Waals surface area contributed by atoms with Gasteiger partial charge in [-0.05, 0) is 44.0 Å². The Bertz CT molecular complexity index is 572. The van der Waals surface area contributed by atoms with E-state index in [-0.39, 0.29) is 6.42 Å². The lowest BCUT2D eigenvalue weighted by atomic mass is 10.1. The lowest BCUT2D eigenvalue weighted by Crippen LogP contribution is -1.98. The lowest BCUT2D eigenvalue weighted by molar-refractivity contribution is -0.136. The van der Waals surface area contributed by atoms with Crippen molar-refractivity contribution >= 4 is 16.9 Å². The van der Waals surface area contributed by atoms with E-state index in [1.165, 1.54) is 0 Å². The van der Waals surface area contributed by atoms with Crippen molar-refractivity contribution in [1.29, 1.82) is 0 Å². The molecule has 0 spiro atoms. The van der Waals surface area contributed by atoms with E-state index in [9.17, 15) is 4.79 Å². The fraction of sp³-hybridized carbons (Fsp3) is 0.357. The molecule has 0 amide bonds. The maximum atomic E-state index is 10.7. The highest BCUT2D eigenvalue weighted by molar-refractivity contribution is 5.86. The lowest BCUT2D eigenvalue weighted by Gasteiger charge is -2.03. The smallest absolute Gasteiger partial charge is 0.303 e. The van der Waals surface area contributed by atoms with Gasteiger partial charge in [0.05, 0.1) is 6.61 Å². The Hall–Kier alpha value is -1.97. The molecule has 18 heavy (non-hydrogen) atoms. The first-order valence-electron chi connectivity index (χ1n) is 6.07. The molecule has 0 aliphatic carbocycles. The summed E-state index contributed by atoms with van der Waals surface area (Å²) in [5.74, 6) is 0.0466. The maximum absolute atomic E-state index is 10.7. The number of fused-ring (bicyclic) bond motifs is 1. The van der Waals surface area contributed by atoms with Crippen LogP contribution in [0.4, 0.5) is 0 Å². The molecule has 4 heteroatoms. The first-order chi connectivity index (χ1) is 8.61. The van der Waals surface area contributed by atoms with Crippen LogP contribution in [0.15, 0.2) is 18.2 Å². The van der Waals surface area contributed by atoms with Gasteiger partial charge >= 0.3 is 5.97 Å². The summed E-state index contributed by atoms with van der Waals surface area (Å²) >= 11 is 0. The molecule has 0 aliphatic heterocycles. The van der Waals surface area contributed by atoms with Crippen LogP contribution in [-0.2, 0) is 11.2 Å². The van der Waals surface area contributed by atoms with Crippen molar-refractivity contribution in [2.45, 2.75) is 26.7 Å². The van der Waals surface area contributed by atoms with Crippen molar-refractivity contribution in [1.82, 2.24) is 4.98 Å². The normalized spacial score (nSPS) is 10.8. The molecule has 0 atom stereocenters. The topological polar surface area (TPSA) is 62.3 Å². The van der Waals surface area contributed by atoms with Crippen LogP contribution in [-0.4, -0.2) is 22.7 Å². The van der Waals surface area contributed by atoms with Crippen LogP contribution >= 0.6 is 0 Å². The molecule has 0 fully saturated rings. The van der Waals surface area contributed by atoms with E-state index in [0.29, 0.717) is 13.0 Å². The summed E-state index contributed by atoms with van der Waals surface area (Å²) in [6.45, 7) is 4.54. The fourth-order valence-corrected chi connectivity index (χ4v) is 2.17. The van der Waals surface area contributed by atoms with Crippen LogP contribution in [0, 0.1) is 6.92 Å². The number of ether oxygens (including phenoxy) is 1. The van der Waals surface area contributed by atoms with E-state index in [1.54, 1.807) is 0 Å². The number of hydrogen-bond acceptors (Lipinski definition) is 2. The zero-order valence-corrected chi connectivity index (χ0v) is 10.6. The third-order valence-electron chi connectivity index (χ3n) is 2.99. The number of rotatable bonds is 5. The number of aromatic nitrogens is 1. The summed E-state index contributed by atoms with van der Waals surface area (Å²) in [6.07, 6.45) is 0.684. The Kier molecular flexibility index (Phi) is 3.55. The van der Waals surface area contributed by atoms with Crippen molar-refractivity contribution in [3.63, 3.8) is 0 Å². The maximum Gasteiger partial charge on any atom is 0.303 e. The van der Waals surface area contributed by atoms with Gasteiger partial charge in [-0.1, -0.05) is 0 Å². The second-order valence-corrected chi connectivity index (χ2v) is 4.26. The number of carboxylic acids is 1. The Morgan fingerprint density at radius 2 is 2.22 bits per heavy atom. The predicted molar refractivity (Wildman–Crippen MR) is 70.2 cm³/mol. The number of benzene rings is 1. The molecule has 0 saturated heterocycles. The number of aryl methyl sites for hydroxylation is 2. The SMILES string of the molecule is CCOc1ccc2[nH]c(C)c(CCC(=O)O)c2c1. The quantitative estimate of drug-likeness (QED) is 0.854. The number of aromatic amines is 1. The average molecular weight is 247 g/mol. The molecule has 1 aromatic carbocycles. The Morgan fingerprint density at radius 3 is 2.89 bits per heavy atom. The molecule has 0 bridgehead atoms. The third-order valence-corrected chi connectivity index (χ3v) is 2.99. The minimum absolute atomic E-state index is 0.145. The summed E-state index contributed by atoms with van der Waals surface area (Å²) in [5, 5.41) is 9.83. The molecular formula is C14H17NO3. The van der Waals surface area contributed by atoms with Crippen LogP contribution in [0.2, 0.25) is 0 Å². The first kappa shape index (κ1) is 12.5. The zero-order chi connectivity index (χ0) is 13.1. The molecule has 0 saturated carbocycles. The van der Waals surface area contributed by atoms with Crippen molar-refractivity contribution in [3.8, 4) is 5.75 Å². The van der Waals surface area contributed by atoms with Gasteiger partial charge in [0, 0.05) is 23.0 Å². The molecule has 0 unspecified atom stereocenters.